The number of thioether (sulfide) groups is 1. The molecule has 1 saturated carbocycles. The van der Waals surface area contributed by atoms with Crippen LogP contribution in [0.2, 0.25) is 0 Å². The molecule has 15 heavy (non-hydrogen) atoms. The SMILES string of the molecule is COC(=O)CNCC1(SC)CCCCC1. The summed E-state index contributed by atoms with van der Waals surface area (Å²) in [5.74, 6) is -0.179. The minimum Gasteiger partial charge on any atom is -0.468 e. The lowest BCUT2D eigenvalue weighted by molar-refractivity contribution is -0.139. The summed E-state index contributed by atoms with van der Waals surface area (Å²) in [5.41, 5.74) is 0. The van der Waals surface area contributed by atoms with Gasteiger partial charge in [0.2, 0.25) is 0 Å². The Hall–Kier alpha value is -0.220. The van der Waals surface area contributed by atoms with Crippen LogP contribution in [-0.4, -0.2) is 37.2 Å². The van der Waals surface area contributed by atoms with Gasteiger partial charge in [-0.25, -0.2) is 0 Å². The van der Waals surface area contributed by atoms with E-state index >= 15 is 0 Å². The van der Waals surface area contributed by atoms with Gasteiger partial charge in [-0.15, -0.1) is 0 Å². The van der Waals surface area contributed by atoms with Crippen molar-refractivity contribution in [2.75, 3.05) is 26.5 Å². The lowest BCUT2D eigenvalue weighted by Crippen LogP contribution is -2.41. The summed E-state index contributed by atoms with van der Waals surface area (Å²) in [4.78, 5) is 11.0. The zero-order chi connectivity index (χ0) is 11.1. The Balaban J connectivity index is 2.29. The summed E-state index contributed by atoms with van der Waals surface area (Å²) >= 11 is 1.94. The summed E-state index contributed by atoms with van der Waals surface area (Å²) in [6, 6.07) is 0. The molecule has 3 nitrogen and oxygen atoms in total. The largest absolute Gasteiger partial charge is 0.468 e. The fraction of sp³-hybridized carbons (Fsp3) is 0.909. The second-order valence-corrected chi connectivity index (χ2v) is 5.40. The van der Waals surface area contributed by atoms with Gasteiger partial charge in [-0.1, -0.05) is 19.3 Å². The van der Waals surface area contributed by atoms with Crippen molar-refractivity contribution in [1.29, 1.82) is 0 Å². The van der Waals surface area contributed by atoms with E-state index in [9.17, 15) is 4.79 Å². The van der Waals surface area contributed by atoms with Crippen molar-refractivity contribution < 1.29 is 9.53 Å². The molecule has 0 amide bonds. The molecule has 0 bridgehead atoms. The molecule has 0 spiro atoms. The van der Waals surface area contributed by atoms with Crippen LogP contribution in [-0.2, 0) is 9.53 Å². The van der Waals surface area contributed by atoms with Crippen molar-refractivity contribution in [2.45, 2.75) is 36.9 Å². The third-order valence-corrected chi connectivity index (χ3v) is 4.56. The highest BCUT2D eigenvalue weighted by atomic mass is 32.2. The molecule has 0 aliphatic heterocycles. The standard InChI is InChI=1S/C11H21NO2S/c1-14-10(13)8-12-9-11(15-2)6-4-3-5-7-11/h12H,3-9H2,1-2H3. The van der Waals surface area contributed by atoms with Crippen molar-refractivity contribution in [1.82, 2.24) is 5.32 Å². The molecule has 1 fully saturated rings. The Kier molecular flexibility index (Phi) is 5.47. The van der Waals surface area contributed by atoms with E-state index < -0.39 is 0 Å². The van der Waals surface area contributed by atoms with Gasteiger partial charge in [0.25, 0.3) is 0 Å². The minimum atomic E-state index is -0.179. The van der Waals surface area contributed by atoms with Gasteiger partial charge >= 0.3 is 5.97 Å². The lowest BCUT2D eigenvalue weighted by Gasteiger charge is -2.35. The number of carbonyl (C=O) groups is 1. The van der Waals surface area contributed by atoms with Crippen molar-refractivity contribution in [3.05, 3.63) is 0 Å². The number of esters is 1. The lowest BCUT2D eigenvalue weighted by atomic mass is 9.88. The molecule has 0 atom stereocenters. The number of hydrogen-bond donors (Lipinski definition) is 1. The quantitative estimate of drug-likeness (QED) is 0.732. The van der Waals surface area contributed by atoms with E-state index in [1.807, 2.05) is 11.8 Å². The second kappa shape index (κ2) is 6.38. The van der Waals surface area contributed by atoms with E-state index in [1.54, 1.807) is 0 Å². The first kappa shape index (κ1) is 12.8. The van der Waals surface area contributed by atoms with Crippen LogP contribution >= 0.6 is 11.8 Å². The summed E-state index contributed by atoms with van der Waals surface area (Å²) in [5, 5.41) is 3.20. The van der Waals surface area contributed by atoms with Crippen LogP contribution < -0.4 is 5.32 Å². The Morgan fingerprint density at radius 3 is 2.60 bits per heavy atom. The molecule has 4 heteroatoms. The van der Waals surface area contributed by atoms with Crippen molar-refractivity contribution in [3.8, 4) is 0 Å². The highest BCUT2D eigenvalue weighted by Gasteiger charge is 2.30. The van der Waals surface area contributed by atoms with Gasteiger partial charge in [0.15, 0.2) is 0 Å². The maximum absolute atomic E-state index is 11.0. The molecule has 0 aromatic rings. The Morgan fingerprint density at radius 2 is 2.07 bits per heavy atom. The van der Waals surface area contributed by atoms with E-state index in [0.29, 0.717) is 11.3 Å². The smallest absolute Gasteiger partial charge is 0.319 e. The summed E-state index contributed by atoms with van der Waals surface area (Å²) in [6.07, 6.45) is 8.70. The zero-order valence-electron chi connectivity index (χ0n) is 9.67. The molecule has 0 radical (unpaired) electrons. The number of carbonyl (C=O) groups excluding carboxylic acids is 1. The average molecular weight is 231 g/mol. The van der Waals surface area contributed by atoms with Crippen molar-refractivity contribution in [2.24, 2.45) is 0 Å². The Bertz CT molecular complexity index is 203. The van der Waals surface area contributed by atoms with Gasteiger partial charge in [-0.2, -0.15) is 11.8 Å². The van der Waals surface area contributed by atoms with Gasteiger partial charge in [0.05, 0.1) is 13.7 Å². The van der Waals surface area contributed by atoms with Crippen LogP contribution in [0, 0.1) is 0 Å². The molecule has 1 rings (SSSR count). The van der Waals surface area contributed by atoms with Crippen LogP contribution in [0.3, 0.4) is 0 Å². The molecule has 1 N–H and O–H groups in total. The third-order valence-electron chi connectivity index (χ3n) is 3.14. The zero-order valence-corrected chi connectivity index (χ0v) is 10.5. The van der Waals surface area contributed by atoms with Crippen molar-refractivity contribution in [3.63, 3.8) is 0 Å². The Morgan fingerprint density at radius 1 is 1.40 bits per heavy atom. The van der Waals surface area contributed by atoms with Gasteiger partial charge in [0.1, 0.15) is 0 Å². The molecule has 88 valence electrons. The minimum absolute atomic E-state index is 0.179. The number of hydrogen-bond acceptors (Lipinski definition) is 4. The first-order chi connectivity index (χ1) is 7.22. The van der Waals surface area contributed by atoms with Crippen LogP contribution in [0.15, 0.2) is 0 Å². The van der Waals surface area contributed by atoms with E-state index in [-0.39, 0.29) is 5.97 Å². The van der Waals surface area contributed by atoms with E-state index in [0.717, 1.165) is 6.54 Å². The number of nitrogens with one attached hydrogen (secondary N) is 1. The summed E-state index contributed by atoms with van der Waals surface area (Å²) in [7, 11) is 1.43. The normalized spacial score (nSPS) is 19.9. The molecule has 0 aromatic carbocycles. The molecule has 0 unspecified atom stereocenters. The molecule has 0 saturated heterocycles. The van der Waals surface area contributed by atoms with Crippen LogP contribution in [0.25, 0.3) is 0 Å². The van der Waals surface area contributed by atoms with Crippen LogP contribution in [0.1, 0.15) is 32.1 Å². The second-order valence-electron chi connectivity index (χ2n) is 4.13. The fourth-order valence-corrected chi connectivity index (χ4v) is 3.06. The average Bonchev–Trinajstić information content (AvgIpc) is 2.30. The fourth-order valence-electron chi connectivity index (χ4n) is 2.11. The van der Waals surface area contributed by atoms with Crippen LogP contribution in [0.5, 0.6) is 0 Å². The first-order valence-electron chi connectivity index (χ1n) is 5.55. The molecule has 1 aliphatic carbocycles. The van der Waals surface area contributed by atoms with E-state index in [4.69, 9.17) is 0 Å². The first-order valence-corrected chi connectivity index (χ1v) is 6.77. The molecular formula is C11H21NO2S. The van der Waals surface area contributed by atoms with Gasteiger partial charge < -0.3 is 10.1 Å². The van der Waals surface area contributed by atoms with E-state index in [1.165, 1.54) is 39.2 Å². The summed E-state index contributed by atoms with van der Waals surface area (Å²) in [6.45, 7) is 1.25. The Labute approximate surface area is 96.3 Å². The molecule has 0 aromatic heterocycles. The van der Waals surface area contributed by atoms with Crippen LogP contribution in [0.4, 0.5) is 0 Å². The molecule has 1 aliphatic rings. The van der Waals surface area contributed by atoms with Crippen molar-refractivity contribution >= 4 is 17.7 Å². The maximum Gasteiger partial charge on any atom is 0.319 e. The third kappa shape index (κ3) is 4.03. The number of rotatable bonds is 5. The van der Waals surface area contributed by atoms with Gasteiger partial charge in [-0.3, -0.25) is 4.79 Å². The predicted octanol–water partition coefficient (Wildman–Crippen LogP) is 1.81. The maximum atomic E-state index is 11.0. The summed E-state index contributed by atoms with van der Waals surface area (Å²) < 4.78 is 4.95. The highest BCUT2D eigenvalue weighted by Crippen LogP contribution is 2.37. The van der Waals surface area contributed by atoms with Gasteiger partial charge in [0, 0.05) is 11.3 Å². The number of ether oxygens (including phenoxy) is 1. The number of methoxy groups -OCH3 is 1. The monoisotopic (exact) mass is 231 g/mol. The highest BCUT2D eigenvalue weighted by molar-refractivity contribution is 8.00. The molecular weight excluding hydrogens is 210 g/mol. The predicted molar refractivity (Wildman–Crippen MR) is 64.2 cm³/mol. The topological polar surface area (TPSA) is 38.3 Å². The van der Waals surface area contributed by atoms with Gasteiger partial charge in [-0.05, 0) is 19.1 Å². The molecule has 0 heterocycles. The van der Waals surface area contributed by atoms with E-state index in [2.05, 4.69) is 16.3 Å².